The Balaban J connectivity index is 2.34. The molecule has 0 amide bonds. The van der Waals surface area contributed by atoms with E-state index in [0.29, 0.717) is 31.3 Å². The lowest BCUT2D eigenvalue weighted by molar-refractivity contribution is -0.384. The van der Waals surface area contributed by atoms with E-state index in [1.807, 2.05) is 13.8 Å². The Kier molecular flexibility index (Phi) is 4.92. The topological polar surface area (TPSA) is 101 Å². The summed E-state index contributed by atoms with van der Waals surface area (Å²) in [5.74, 6) is 0.907. The summed E-state index contributed by atoms with van der Waals surface area (Å²) in [6.45, 7) is 5.24. The van der Waals surface area contributed by atoms with E-state index < -0.39 is 4.92 Å². The minimum atomic E-state index is -0.438. The number of pyridine rings is 1. The molecule has 21 heavy (non-hydrogen) atoms. The average molecular weight is 296 g/mol. The van der Waals surface area contributed by atoms with Crippen molar-refractivity contribution >= 4 is 17.3 Å². The first kappa shape index (κ1) is 15.5. The smallest absolute Gasteiger partial charge is 0.311 e. The number of nitrogens with one attached hydrogen (secondary N) is 1. The summed E-state index contributed by atoms with van der Waals surface area (Å²) in [7, 11) is 0. The number of hydrogen-bond acceptors (Lipinski definition) is 7. The Labute approximate surface area is 122 Å². The first-order valence-electron chi connectivity index (χ1n) is 6.95. The molecule has 0 radical (unpaired) electrons. The van der Waals surface area contributed by atoms with E-state index in [1.54, 1.807) is 11.0 Å². The quantitative estimate of drug-likeness (QED) is 0.617. The van der Waals surface area contributed by atoms with Gasteiger partial charge in [-0.05, 0) is 19.9 Å². The van der Waals surface area contributed by atoms with E-state index >= 15 is 0 Å². The number of aliphatic hydroxyl groups is 1. The maximum atomic E-state index is 11.2. The van der Waals surface area contributed by atoms with Crippen molar-refractivity contribution in [2.45, 2.75) is 26.1 Å². The first-order chi connectivity index (χ1) is 10.0. The van der Waals surface area contributed by atoms with Crippen LogP contribution in [0.25, 0.3) is 0 Å². The second-order valence-corrected chi connectivity index (χ2v) is 4.98. The van der Waals surface area contributed by atoms with Crippen LogP contribution in [-0.4, -0.2) is 53.5 Å². The Morgan fingerprint density at radius 3 is 2.95 bits per heavy atom. The van der Waals surface area contributed by atoms with Gasteiger partial charge in [-0.15, -0.1) is 0 Å². The van der Waals surface area contributed by atoms with Crippen molar-refractivity contribution in [3.05, 3.63) is 22.2 Å². The molecular weight excluding hydrogens is 276 g/mol. The Hall–Kier alpha value is -1.93. The van der Waals surface area contributed by atoms with Gasteiger partial charge in [0.1, 0.15) is 5.82 Å². The van der Waals surface area contributed by atoms with Crippen molar-refractivity contribution in [3.8, 4) is 0 Å². The molecule has 1 aliphatic heterocycles. The van der Waals surface area contributed by atoms with Gasteiger partial charge in [-0.25, -0.2) is 4.98 Å². The van der Waals surface area contributed by atoms with Crippen LogP contribution in [0.4, 0.5) is 17.3 Å². The van der Waals surface area contributed by atoms with Crippen LogP contribution in [0.2, 0.25) is 0 Å². The van der Waals surface area contributed by atoms with Gasteiger partial charge in [0.25, 0.3) is 0 Å². The lowest BCUT2D eigenvalue weighted by Crippen LogP contribution is -2.48. The molecule has 0 aliphatic carbocycles. The summed E-state index contributed by atoms with van der Waals surface area (Å²) in [6.07, 6.45) is -0.488. The highest BCUT2D eigenvalue weighted by molar-refractivity contribution is 5.62. The van der Waals surface area contributed by atoms with Crippen LogP contribution in [0, 0.1) is 10.1 Å². The Morgan fingerprint density at radius 1 is 1.57 bits per heavy atom. The van der Waals surface area contributed by atoms with E-state index in [0.717, 1.165) is 0 Å². The SMILES string of the molecule is CCNc1ccc([N+](=O)[O-])c(N2CC(C)OC(CO)C2)n1. The lowest BCUT2D eigenvalue weighted by Gasteiger charge is -2.36. The monoisotopic (exact) mass is 296 g/mol. The van der Waals surface area contributed by atoms with Gasteiger partial charge in [0, 0.05) is 25.7 Å². The van der Waals surface area contributed by atoms with Gasteiger partial charge in [0.2, 0.25) is 5.82 Å². The Morgan fingerprint density at radius 2 is 2.33 bits per heavy atom. The summed E-state index contributed by atoms with van der Waals surface area (Å²) in [5, 5.41) is 23.5. The molecule has 0 saturated carbocycles. The molecule has 2 rings (SSSR count). The highest BCUT2D eigenvalue weighted by Crippen LogP contribution is 2.29. The van der Waals surface area contributed by atoms with Gasteiger partial charge in [-0.3, -0.25) is 10.1 Å². The molecule has 1 saturated heterocycles. The summed E-state index contributed by atoms with van der Waals surface area (Å²) >= 11 is 0. The van der Waals surface area contributed by atoms with Crippen molar-refractivity contribution in [1.82, 2.24) is 4.98 Å². The minimum Gasteiger partial charge on any atom is -0.394 e. The Bertz CT molecular complexity index is 511. The zero-order chi connectivity index (χ0) is 15.4. The maximum absolute atomic E-state index is 11.2. The van der Waals surface area contributed by atoms with Gasteiger partial charge in [-0.1, -0.05) is 0 Å². The third-order valence-electron chi connectivity index (χ3n) is 3.24. The highest BCUT2D eigenvalue weighted by Gasteiger charge is 2.30. The molecule has 8 heteroatoms. The molecule has 1 aromatic rings. The van der Waals surface area contributed by atoms with E-state index in [2.05, 4.69) is 10.3 Å². The molecule has 2 heterocycles. The van der Waals surface area contributed by atoms with Crippen molar-refractivity contribution in [2.24, 2.45) is 0 Å². The fourth-order valence-corrected chi connectivity index (χ4v) is 2.41. The van der Waals surface area contributed by atoms with E-state index in [-0.39, 0.29) is 24.5 Å². The van der Waals surface area contributed by atoms with Gasteiger partial charge >= 0.3 is 5.69 Å². The van der Waals surface area contributed by atoms with Crippen LogP contribution in [-0.2, 0) is 4.74 Å². The number of morpholine rings is 1. The molecule has 0 aromatic carbocycles. The summed E-state index contributed by atoms with van der Waals surface area (Å²) < 4.78 is 5.56. The molecule has 1 aromatic heterocycles. The molecule has 0 bridgehead atoms. The van der Waals surface area contributed by atoms with E-state index in [1.165, 1.54) is 6.07 Å². The summed E-state index contributed by atoms with van der Waals surface area (Å²) in [4.78, 5) is 16.9. The number of anilines is 2. The zero-order valence-corrected chi connectivity index (χ0v) is 12.2. The molecule has 0 spiro atoms. The van der Waals surface area contributed by atoms with Crippen LogP contribution in [0.1, 0.15) is 13.8 Å². The van der Waals surface area contributed by atoms with Crippen LogP contribution in [0.5, 0.6) is 0 Å². The molecule has 1 fully saturated rings. The molecule has 2 N–H and O–H groups in total. The predicted molar refractivity (Wildman–Crippen MR) is 78.7 cm³/mol. The molecule has 116 valence electrons. The van der Waals surface area contributed by atoms with Crippen molar-refractivity contribution in [1.29, 1.82) is 0 Å². The summed E-state index contributed by atoms with van der Waals surface area (Å²) in [5.41, 5.74) is -0.0394. The van der Waals surface area contributed by atoms with Crippen molar-refractivity contribution < 1.29 is 14.8 Å². The van der Waals surface area contributed by atoms with Crippen molar-refractivity contribution in [3.63, 3.8) is 0 Å². The number of hydrogen-bond donors (Lipinski definition) is 2. The van der Waals surface area contributed by atoms with Crippen LogP contribution in [0.15, 0.2) is 12.1 Å². The average Bonchev–Trinajstić information content (AvgIpc) is 2.46. The fraction of sp³-hybridized carbons (Fsp3) is 0.615. The van der Waals surface area contributed by atoms with Gasteiger partial charge < -0.3 is 20.1 Å². The molecule has 2 atom stereocenters. The predicted octanol–water partition coefficient (Wildman–Crippen LogP) is 1.01. The van der Waals surface area contributed by atoms with E-state index in [9.17, 15) is 15.2 Å². The lowest BCUT2D eigenvalue weighted by atomic mass is 10.2. The third kappa shape index (κ3) is 3.59. The number of aromatic nitrogens is 1. The molecular formula is C13H20N4O4. The van der Waals surface area contributed by atoms with E-state index in [4.69, 9.17) is 4.74 Å². The highest BCUT2D eigenvalue weighted by atomic mass is 16.6. The largest absolute Gasteiger partial charge is 0.394 e. The van der Waals surface area contributed by atoms with Crippen molar-refractivity contribution in [2.75, 3.05) is 36.5 Å². The third-order valence-corrected chi connectivity index (χ3v) is 3.24. The molecule has 1 aliphatic rings. The fourth-order valence-electron chi connectivity index (χ4n) is 2.41. The zero-order valence-electron chi connectivity index (χ0n) is 12.2. The number of nitro groups is 1. The van der Waals surface area contributed by atoms with Crippen LogP contribution < -0.4 is 10.2 Å². The van der Waals surface area contributed by atoms with Crippen LogP contribution in [0.3, 0.4) is 0 Å². The second kappa shape index (κ2) is 6.68. The standard InChI is InChI=1S/C13H20N4O4/c1-3-14-12-5-4-11(17(19)20)13(15-12)16-6-9(2)21-10(7-16)8-18/h4-5,9-10,18H,3,6-8H2,1-2H3,(H,14,15). The van der Waals surface area contributed by atoms with Gasteiger partial charge in [-0.2, -0.15) is 0 Å². The van der Waals surface area contributed by atoms with Gasteiger partial charge in [0.15, 0.2) is 0 Å². The maximum Gasteiger partial charge on any atom is 0.311 e. The van der Waals surface area contributed by atoms with Gasteiger partial charge in [0.05, 0.1) is 23.7 Å². The first-order valence-corrected chi connectivity index (χ1v) is 6.95. The number of ether oxygens (including phenoxy) is 1. The minimum absolute atomic E-state index is 0.0394. The normalized spacial score (nSPS) is 22.1. The second-order valence-electron chi connectivity index (χ2n) is 4.98. The molecule has 8 nitrogen and oxygen atoms in total. The number of aliphatic hydroxyl groups excluding tert-OH is 1. The van der Waals surface area contributed by atoms with Crippen LogP contribution >= 0.6 is 0 Å². The summed E-state index contributed by atoms with van der Waals surface area (Å²) in [6, 6.07) is 3.05. The number of nitrogens with zero attached hydrogens (tertiary/aromatic N) is 3. The molecule has 2 unspecified atom stereocenters. The number of rotatable bonds is 5.